The van der Waals surface area contributed by atoms with Gasteiger partial charge in [0, 0.05) is 52.1 Å². The highest BCUT2D eigenvalue weighted by molar-refractivity contribution is 5.91. The van der Waals surface area contributed by atoms with E-state index in [1.807, 2.05) is 6.20 Å². The van der Waals surface area contributed by atoms with Crippen LogP contribution < -0.4 is 5.32 Å². The first kappa shape index (κ1) is 18.3. The van der Waals surface area contributed by atoms with Crippen LogP contribution in [0.1, 0.15) is 35.5 Å². The van der Waals surface area contributed by atoms with Crippen LogP contribution in [0.4, 0.5) is 0 Å². The maximum Gasteiger partial charge on any atom is 0.286 e. The van der Waals surface area contributed by atoms with Gasteiger partial charge in [0.1, 0.15) is 0 Å². The lowest BCUT2D eigenvalue weighted by Crippen LogP contribution is -2.35. The van der Waals surface area contributed by atoms with Crippen molar-refractivity contribution in [3.63, 3.8) is 0 Å². The molecule has 4 heterocycles. The van der Waals surface area contributed by atoms with E-state index in [4.69, 9.17) is 9.15 Å². The fraction of sp³-hybridized carbons (Fsp3) is 0.600. The molecule has 1 unspecified atom stereocenters. The van der Waals surface area contributed by atoms with Crippen LogP contribution >= 0.6 is 0 Å². The minimum Gasteiger partial charge on any atom is -0.459 e. The molecule has 1 N–H and O–H groups in total. The van der Waals surface area contributed by atoms with Gasteiger partial charge in [0.15, 0.2) is 5.76 Å². The number of ether oxygens (including phenoxy) is 1. The number of carbonyl (C=O) groups is 1. The molecule has 1 amide bonds. The van der Waals surface area contributed by atoms with Crippen LogP contribution in [-0.2, 0) is 17.8 Å². The summed E-state index contributed by atoms with van der Waals surface area (Å²) in [6, 6.07) is 5.54. The van der Waals surface area contributed by atoms with E-state index >= 15 is 0 Å². The summed E-state index contributed by atoms with van der Waals surface area (Å²) >= 11 is 0. The van der Waals surface area contributed by atoms with E-state index in [1.54, 1.807) is 12.1 Å². The molecule has 7 nitrogen and oxygen atoms in total. The molecule has 0 spiro atoms. The molecule has 146 valence electrons. The monoisotopic (exact) mass is 372 g/mol. The van der Waals surface area contributed by atoms with Gasteiger partial charge in [-0.05, 0) is 49.3 Å². The molecule has 2 aromatic rings. The molecule has 0 bridgehead atoms. The van der Waals surface area contributed by atoms with E-state index in [0.29, 0.717) is 24.1 Å². The first-order chi connectivity index (χ1) is 13.3. The normalized spacial score (nSPS) is 21.6. The summed E-state index contributed by atoms with van der Waals surface area (Å²) in [4.78, 5) is 14.6. The van der Waals surface area contributed by atoms with Gasteiger partial charge in [0.05, 0.1) is 12.0 Å². The number of nitrogens with one attached hydrogen (secondary N) is 1. The SMILES string of the molecule is O=C(NCCC1CN(CC2CCOCC2)Cc2ccnn2C1)c1ccco1. The van der Waals surface area contributed by atoms with Gasteiger partial charge in [0.2, 0.25) is 0 Å². The zero-order chi connectivity index (χ0) is 18.5. The summed E-state index contributed by atoms with van der Waals surface area (Å²) < 4.78 is 12.8. The molecule has 0 aliphatic carbocycles. The van der Waals surface area contributed by atoms with Crippen LogP contribution in [0.5, 0.6) is 0 Å². The minimum atomic E-state index is -0.146. The van der Waals surface area contributed by atoms with Crippen LogP contribution in [-0.4, -0.2) is 53.4 Å². The first-order valence-corrected chi connectivity index (χ1v) is 9.90. The van der Waals surface area contributed by atoms with Crippen molar-refractivity contribution in [3.05, 3.63) is 42.1 Å². The van der Waals surface area contributed by atoms with Crippen molar-refractivity contribution in [2.75, 3.05) is 32.8 Å². The predicted molar refractivity (Wildman–Crippen MR) is 100 cm³/mol. The molecule has 1 saturated heterocycles. The number of aromatic nitrogens is 2. The number of furan rings is 1. The van der Waals surface area contributed by atoms with Gasteiger partial charge in [-0.3, -0.25) is 14.4 Å². The molecular formula is C20H28N4O3. The summed E-state index contributed by atoms with van der Waals surface area (Å²) in [6.07, 6.45) is 6.64. The molecule has 1 atom stereocenters. The zero-order valence-electron chi connectivity index (χ0n) is 15.7. The van der Waals surface area contributed by atoms with Crippen molar-refractivity contribution in [1.29, 1.82) is 0 Å². The van der Waals surface area contributed by atoms with Gasteiger partial charge in [-0.25, -0.2) is 0 Å². The van der Waals surface area contributed by atoms with Crippen molar-refractivity contribution in [2.45, 2.75) is 32.4 Å². The van der Waals surface area contributed by atoms with Gasteiger partial charge in [-0.2, -0.15) is 5.10 Å². The van der Waals surface area contributed by atoms with Crippen LogP contribution in [0.15, 0.2) is 35.1 Å². The summed E-state index contributed by atoms with van der Waals surface area (Å²) in [5.74, 6) is 1.40. The Morgan fingerprint density at radius 1 is 1.22 bits per heavy atom. The fourth-order valence-corrected chi connectivity index (χ4v) is 4.12. The molecule has 2 aliphatic heterocycles. The van der Waals surface area contributed by atoms with Crippen molar-refractivity contribution >= 4 is 5.91 Å². The third-order valence-corrected chi connectivity index (χ3v) is 5.58. The lowest BCUT2D eigenvalue weighted by molar-refractivity contribution is 0.0493. The molecule has 1 fully saturated rings. The Hall–Kier alpha value is -2.12. The van der Waals surface area contributed by atoms with E-state index in [0.717, 1.165) is 58.7 Å². The highest BCUT2D eigenvalue weighted by Gasteiger charge is 2.25. The van der Waals surface area contributed by atoms with Crippen LogP contribution in [0, 0.1) is 11.8 Å². The molecule has 27 heavy (non-hydrogen) atoms. The third kappa shape index (κ3) is 4.78. The van der Waals surface area contributed by atoms with Crippen molar-refractivity contribution in [1.82, 2.24) is 20.0 Å². The standard InChI is InChI=1S/C20H28N4O3/c25-20(19-2-1-9-27-19)21-7-3-17-13-23(12-16-5-10-26-11-6-16)15-18-4-8-22-24(18)14-17/h1-2,4,8-9,16-17H,3,5-7,10-15H2,(H,21,25). The van der Waals surface area contributed by atoms with Crippen LogP contribution in [0.2, 0.25) is 0 Å². The predicted octanol–water partition coefficient (Wildman–Crippen LogP) is 2.15. The molecule has 0 aromatic carbocycles. The van der Waals surface area contributed by atoms with Gasteiger partial charge >= 0.3 is 0 Å². The Morgan fingerprint density at radius 2 is 2.11 bits per heavy atom. The zero-order valence-corrected chi connectivity index (χ0v) is 15.7. The maximum absolute atomic E-state index is 12.1. The Morgan fingerprint density at radius 3 is 2.93 bits per heavy atom. The summed E-state index contributed by atoms with van der Waals surface area (Å²) in [7, 11) is 0. The Labute approximate surface area is 159 Å². The molecule has 7 heteroatoms. The Balaban J connectivity index is 1.34. The third-order valence-electron chi connectivity index (χ3n) is 5.58. The Kier molecular flexibility index (Phi) is 5.89. The fourth-order valence-electron chi connectivity index (χ4n) is 4.12. The largest absolute Gasteiger partial charge is 0.459 e. The second kappa shape index (κ2) is 8.71. The lowest BCUT2D eigenvalue weighted by atomic mass is 9.98. The van der Waals surface area contributed by atoms with E-state index in [9.17, 15) is 4.79 Å². The average molecular weight is 372 g/mol. The second-order valence-electron chi connectivity index (χ2n) is 7.64. The molecule has 2 aromatic heterocycles. The van der Waals surface area contributed by atoms with Gasteiger partial charge in [-0.1, -0.05) is 0 Å². The quantitative estimate of drug-likeness (QED) is 0.841. The van der Waals surface area contributed by atoms with Crippen LogP contribution in [0.3, 0.4) is 0 Å². The Bertz CT molecular complexity index is 721. The smallest absolute Gasteiger partial charge is 0.286 e. The van der Waals surface area contributed by atoms with Gasteiger partial charge < -0.3 is 14.5 Å². The highest BCUT2D eigenvalue weighted by atomic mass is 16.5. The molecule has 4 rings (SSSR count). The lowest BCUT2D eigenvalue weighted by Gasteiger charge is -2.30. The summed E-state index contributed by atoms with van der Waals surface area (Å²) in [6.45, 7) is 6.43. The minimum absolute atomic E-state index is 0.146. The number of rotatable bonds is 6. The topological polar surface area (TPSA) is 72.5 Å². The number of carbonyl (C=O) groups excluding carboxylic acids is 1. The average Bonchev–Trinajstić information content (AvgIpc) is 3.32. The van der Waals surface area contributed by atoms with E-state index in [-0.39, 0.29) is 5.91 Å². The summed E-state index contributed by atoms with van der Waals surface area (Å²) in [5, 5.41) is 7.47. The summed E-state index contributed by atoms with van der Waals surface area (Å²) in [5.41, 5.74) is 1.28. The number of nitrogens with zero attached hydrogens (tertiary/aromatic N) is 3. The van der Waals surface area contributed by atoms with Crippen molar-refractivity contribution in [3.8, 4) is 0 Å². The molecular weight excluding hydrogens is 344 g/mol. The van der Waals surface area contributed by atoms with E-state index in [1.165, 1.54) is 12.0 Å². The molecule has 2 aliphatic rings. The second-order valence-corrected chi connectivity index (χ2v) is 7.64. The maximum atomic E-state index is 12.1. The number of hydrogen-bond donors (Lipinski definition) is 1. The van der Waals surface area contributed by atoms with E-state index < -0.39 is 0 Å². The number of amides is 1. The number of hydrogen-bond acceptors (Lipinski definition) is 5. The molecule has 0 radical (unpaired) electrons. The highest BCUT2D eigenvalue weighted by Crippen LogP contribution is 2.22. The van der Waals surface area contributed by atoms with Crippen molar-refractivity contribution < 1.29 is 13.9 Å². The van der Waals surface area contributed by atoms with Crippen LogP contribution in [0.25, 0.3) is 0 Å². The van der Waals surface area contributed by atoms with Crippen molar-refractivity contribution in [2.24, 2.45) is 11.8 Å². The molecule has 0 saturated carbocycles. The van der Waals surface area contributed by atoms with Gasteiger partial charge in [-0.15, -0.1) is 0 Å². The van der Waals surface area contributed by atoms with E-state index in [2.05, 4.69) is 26.1 Å². The first-order valence-electron chi connectivity index (χ1n) is 9.90. The van der Waals surface area contributed by atoms with Gasteiger partial charge in [0.25, 0.3) is 5.91 Å². The number of fused-ring (bicyclic) bond motifs is 1.